The summed E-state index contributed by atoms with van der Waals surface area (Å²) in [6.07, 6.45) is 2.32. The summed E-state index contributed by atoms with van der Waals surface area (Å²) in [5.74, 6) is 1.71. The third kappa shape index (κ3) is 12.9. The maximum atomic E-state index is 9.63. The summed E-state index contributed by atoms with van der Waals surface area (Å²) in [7, 11) is -2.67. The predicted octanol–water partition coefficient (Wildman–Crippen LogP) is 1.97. The smallest absolute Gasteiger partial charge is 0.148 e. The Morgan fingerprint density at radius 2 is 0.963 bits per heavy atom. The van der Waals surface area contributed by atoms with Crippen LogP contribution in [0.15, 0.2) is 0 Å². The second-order valence-corrected chi connectivity index (χ2v) is 10.0. The fourth-order valence-corrected chi connectivity index (χ4v) is 1.70. The van der Waals surface area contributed by atoms with Gasteiger partial charge in [-0.2, -0.15) is 0 Å². The quantitative estimate of drug-likeness (QED) is 0.612. The van der Waals surface area contributed by atoms with Crippen LogP contribution in [0.1, 0.15) is 60.1 Å². The molecule has 0 saturated heterocycles. The van der Waals surface area contributed by atoms with Gasteiger partial charge in [0.1, 0.15) is 21.5 Å². The van der Waals surface area contributed by atoms with Gasteiger partial charge >= 0.3 is 0 Å². The lowest BCUT2D eigenvalue weighted by molar-refractivity contribution is 0.339. The molecule has 0 aliphatic rings. The predicted molar refractivity (Wildman–Crippen MR) is 107 cm³/mol. The van der Waals surface area contributed by atoms with E-state index in [-0.39, 0.29) is 11.1 Å². The number of tetrazole rings is 2. The normalized spacial score (nSPS) is 11.2. The summed E-state index contributed by atoms with van der Waals surface area (Å²) in [6, 6.07) is 0. The minimum Gasteiger partial charge on any atom is -0.229 e. The Hall–Kier alpha value is -2.04. The van der Waals surface area contributed by atoms with Gasteiger partial charge in [-0.05, 0) is 76.2 Å². The summed E-state index contributed by atoms with van der Waals surface area (Å²) < 4.78 is 22.9. The lowest BCUT2D eigenvalue weighted by atomic mass is 10.1. The van der Waals surface area contributed by atoms with Crippen LogP contribution in [0.5, 0.6) is 0 Å². The van der Waals surface area contributed by atoms with E-state index in [0.717, 1.165) is 24.2 Å². The van der Waals surface area contributed by atoms with Crippen LogP contribution in [0.25, 0.3) is 0 Å². The van der Waals surface area contributed by atoms with Gasteiger partial charge in [-0.25, -0.2) is 17.8 Å². The molecule has 0 aromatic carbocycles. The third-order valence-electron chi connectivity index (χ3n) is 2.52. The molecular weight excluding hydrogens is 368 g/mol. The van der Waals surface area contributed by atoms with Gasteiger partial charge in [-0.15, -0.1) is 10.2 Å². The highest BCUT2D eigenvalue weighted by molar-refractivity contribution is 7.89. The topological polar surface area (TPSA) is 121 Å². The van der Waals surface area contributed by atoms with Crippen LogP contribution in [0.4, 0.5) is 0 Å². The Morgan fingerprint density at radius 1 is 0.741 bits per heavy atom. The van der Waals surface area contributed by atoms with Gasteiger partial charge < -0.3 is 0 Å². The standard InChI is InChI=1S/2C6H12N4.C2H6O2S.C2H5/c2*1-5-7-8-9-10(5)6(2,3)4;1-5(2,3)4;1-2/h2*1-4H3;1-2H3;1H2,2H3/q;;;+1. The van der Waals surface area contributed by atoms with Crippen molar-refractivity contribution in [3.05, 3.63) is 18.6 Å². The maximum Gasteiger partial charge on any atom is 0.148 e. The average molecular weight is 404 g/mol. The highest BCUT2D eigenvalue weighted by Gasteiger charge is 2.17. The van der Waals surface area contributed by atoms with Crippen LogP contribution >= 0.6 is 0 Å². The molecule has 0 unspecified atom stereocenters. The molecule has 0 aliphatic heterocycles. The third-order valence-corrected chi connectivity index (χ3v) is 2.52. The van der Waals surface area contributed by atoms with Crippen molar-refractivity contribution in [2.24, 2.45) is 0 Å². The highest BCUT2D eigenvalue weighted by Crippen LogP contribution is 2.12. The summed E-state index contributed by atoms with van der Waals surface area (Å²) >= 11 is 0. The first kappa shape index (κ1) is 27.2. The molecule has 0 amide bonds. The molecule has 0 saturated carbocycles. The Balaban J connectivity index is 0. The van der Waals surface area contributed by atoms with Crippen molar-refractivity contribution in [2.45, 2.75) is 73.4 Å². The molecule has 2 rings (SSSR count). The monoisotopic (exact) mass is 403 g/mol. The Morgan fingerprint density at radius 3 is 1.04 bits per heavy atom. The number of rotatable bonds is 0. The van der Waals surface area contributed by atoms with Gasteiger partial charge in [-0.1, -0.05) is 0 Å². The molecule has 2 aromatic rings. The van der Waals surface area contributed by atoms with Gasteiger partial charge in [-0.3, -0.25) is 0 Å². The van der Waals surface area contributed by atoms with E-state index >= 15 is 0 Å². The Kier molecular flexibility index (Phi) is 11.0. The highest BCUT2D eigenvalue weighted by atomic mass is 32.2. The molecule has 0 aliphatic carbocycles. The van der Waals surface area contributed by atoms with Crippen molar-refractivity contribution >= 4 is 9.84 Å². The number of aryl methyl sites for hydroxylation is 2. The van der Waals surface area contributed by atoms with Crippen molar-refractivity contribution in [3.63, 3.8) is 0 Å². The van der Waals surface area contributed by atoms with Gasteiger partial charge in [0.15, 0.2) is 0 Å². The second kappa shape index (κ2) is 11.0. The fraction of sp³-hybridized carbons (Fsp3) is 0.812. The van der Waals surface area contributed by atoms with Crippen molar-refractivity contribution < 1.29 is 8.42 Å². The molecular formula is C16H35N8O2S+. The summed E-state index contributed by atoms with van der Waals surface area (Å²) in [6.45, 7) is 21.2. The summed E-state index contributed by atoms with van der Waals surface area (Å²) in [5.41, 5.74) is -0.0127. The van der Waals surface area contributed by atoms with E-state index in [1.165, 1.54) is 0 Å². The van der Waals surface area contributed by atoms with E-state index in [9.17, 15) is 8.42 Å². The molecule has 10 nitrogen and oxygen atoms in total. The lowest BCUT2D eigenvalue weighted by Gasteiger charge is -2.18. The van der Waals surface area contributed by atoms with Crippen LogP contribution in [-0.4, -0.2) is 61.3 Å². The summed E-state index contributed by atoms with van der Waals surface area (Å²) in [4.78, 5) is 0. The second-order valence-electron chi connectivity index (χ2n) is 7.76. The Bertz CT molecular complexity index is 694. The maximum absolute atomic E-state index is 9.63. The molecule has 156 valence electrons. The van der Waals surface area contributed by atoms with E-state index in [1.54, 1.807) is 16.3 Å². The van der Waals surface area contributed by atoms with Crippen LogP contribution in [0.2, 0.25) is 0 Å². The van der Waals surface area contributed by atoms with Crippen molar-refractivity contribution in [1.29, 1.82) is 0 Å². The molecule has 11 heteroatoms. The van der Waals surface area contributed by atoms with E-state index in [1.807, 2.05) is 13.8 Å². The number of sulfone groups is 1. The Labute approximate surface area is 163 Å². The number of hydrogen-bond donors (Lipinski definition) is 0. The molecule has 0 radical (unpaired) electrons. The minimum absolute atomic E-state index is 0.00637. The van der Waals surface area contributed by atoms with Crippen molar-refractivity contribution in [2.75, 3.05) is 12.5 Å². The molecule has 0 bridgehead atoms. The van der Waals surface area contributed by atoms with E-state index < -0.39 is 9.84 Å². The number of hydrogen-bond acceptors (Lipinski definition) is 8. The van der Waals surface area contributed by atoms with E-state index in [2.05, 4.69) is 79.5 Å². The molecule has 2 heterocycles. The zero-order valence-corrected chi connectivity index (χ0v) is 19.3. The molecule has 0 spiro atoms. The molecule has 27 heavy (non-hydrogen) atoms. The largest absolute Gasteiger partial charge is 0.229 e. The minimum atomic E-state index is -2.67. The average Bonchev–Trinajstić information content (AvgIpc) is 3.07. The zero-order valence-electron chi connectivity index (χ0n) is 18.5. The molecule has 0 atom stereocenters. The van der Waals surface area contributed by atoms with E-state index in [4.69, 9.17) is 0 Å². The van der Waals surface area contributed by atoms with Crippen LogP contribution in [0, 0.1) is 20.8 Å². The first-order valence-electron chi connectivity index (χ1n) is 8.40. The SMILES string of the molecule is CS(C)(=O)=O.Cc1nnnn1C(C)(C)C.Cc1nnnn1C(C)(C)C.[CH2+]C. The van der Waals surface area contributed by atoms with Crippen LogP contribution in [-0.2, 0) is 20.9 Å². The lowest BCUT2D eigenvalue weighted by Crippen LogP contribution is -2.24. The van der Waals surface area contributed by atoms with E-state index in [0.29, 0.717) is 0 Å². The van der Waals surface area contributed by atoms with Crippen molar-refractivity contribution in [3.8, 4) is 0 Å². The zero-order chi connectivity index (χ0) is 22.1. The number of nitrogens with zero attached hydrogens (tertiary/aromatic N) is 8. The van der Waals surface area contributed by atoms with Gasteiger partial charge in [0.05, 0.1) is 24.9 Å². The molecule has 0 N–H and O–H groups in total. The van der Waals surface area contributed by atoms with Crippen molar-refractivity contribution in [1.82, 2.24) is 40.4 Å². The molecule has 0 fully saturated rings. The molecule has 2 aromatic heterocycles. The van der Waals surface area contributed by atoms with Crippen LogP contribution < -0.4 is 0 Å². The van der Waals surface area contributed by atoms with Gasteiger partial charge in [0.2, 0.25) is 0 Å². The van der Waals surface area contributed by atoms with Gasteiger partial charge in [0.25, 0.3) is 0 Å². The summed E-state index contributed by atoms with van der Waals surface area (Å²) in [5, 5.41) is 22.4. The van der Waals surface area contributed by atoms with Gasteiger partial charge in [0, 0.05) is 12.5 Å². The number of aromatic nitrogens is 8. The van der Waals surface area contributed by atoms with Crippen LogP contribution in [0.3, 0.4) is 0 Å². The fourth-order valence-electron chi connectivity index (χ4n) is 1.70. The first-order valence-corrected chi connectivity index (χ1v) is 10.7. The first-order chi connectivity index (χ1) is 12.0.